The van der Waals surface area contributed by atoms with Gasteiger partial charge in [-0.25, -0.2) is 9.97 Å². The average molecular weight is 228 g/mol. The molecule has 1 rings (SSSR count). The van der Waals surface area contributed by atoms with Gasteiger partial charge in [-0.05, 0) is 24.8 Å². The fraction of sp³-hybridized carbons (Fsp3) is 0.636. The molecule has 0 fully saturated rings. The van der Waals surface area contributed by atoms with E-state index < -0.39 is 0 Å². The van der Waals surface area contributed by atoms with Crippen molar-refractivity contribution >= 4 is 17.4 Å². The lowest BCUT2D eigenvalue weighted by molar-refractivity contribution is 0.489. The molecule has 0 saturated heterocycles. The van der Waals surface area contributed by atoms with Crippen molar-refractivity contribution in [3.05, 3.63) is 18.6 Å². The summed E-state index contributed by atoms with van der Waals surface area (Å²) >= 11 is 5.76. The average Bonchev–Trinajstić information content (AvgIpc) is 2.28. The maximum absolute atomic E-state index is 5.76. The quantitative estimate of drug-likeness (QED) is 0.728. The van der Waals surface area contributed by atoms with E-state index in [0.29, 0.717) is 5.92 Å². The first kappa shape index (κ1) is 12.2. The van der Waals surface area contributed by atoms with Crippen LogP contribution >= 0.6 is 11.6 Å². The van der Waals surface area contributed by atoms with Crippen LogP contribution in [0.4, 0.5) is 5.82 Å². The Morgan fingerprint density at radius 2 is 2.33 bits per heavy atom. The van der Waals surface area contributed by atoms with Gasteiger partial charge in [0.15, 0.2) is 0 Å². The topological polar surface area (TPSA) is 37.8 Å². The van der Waals surface area contributed by atoms with E-state index in [1.54, 1.807) is 12.5 Å². The monoisotopic (exact) mass is 227 g/mol. The Morgan fingerprint density at radius 1 is 1.47 bits per heavy atom. The third-order valence-electron chi connectivity index (χ3n) is 2.37. The third kappa shape index (κ3) is 4.98. The van der Waals surface area contributed by atoms with Crippen LogP contribution in [0.2, 0.25) is 0 Å². The molecule has 1 aromatic heterocycles. The minimum absolute atomic E-state index is 0.641. The minimum Gasteiger partial charge on any atom is -0.370 e. The SMILES string of the molecule is CCCC(CCCl)CNc1ccncn1. The number of hydrogen-bond donors (Lipinski definition) is 1. The molecular weight excluding hydrogens is 210 g/mol. The van der Waals surface area contributed by atoms with Gasteiger partial charge in [-0.2, -0.15) is 0 Å². The van der Waals surface area contributed by atoms with Gasteiger partial charge in [0, 0.05) is 18.6 Å². The molecule has 1 heterocycles. The van der Waals surface area contributed by atoms with E-state index in [0.717, 1.165) is 24.7 Å². The van der Waals surface area contributed by atoms with Gasteiger partial charge in [-0.3, -0.25) is 0 Å². The van der Waals surface area contributed by atoms with Gasteiger partial charge in [0.1, 0.15) is 12.1 Å². The second kappa shape index (κ2) is 7.46. The Balaban J connectivity index is 2.33. The molecule has 1 atom stereocenters. The zero-order chi connectivity index (χ0) is 10.9. The number of aromatic nitrogens is 2. The molecule has 3 nitrogen and oxygen atoms in total. The van der Waals surface area contributed by atoms with Crippen LogP contribution in [0.1, 0.15) is 26.2 Å². The molecule has 0 aliphatic heterocycles. The maximum atomic E-state index is 5.76. The van der Waals surface area contributed by atoms with Crippen molar-refractivity contribution in [1.82, 2.24) is 9.97 Å². The van der Waals surface area contributed by atoms with Crippen molar-refractivity contribution in [3.8, 4) is 0 Å². The molecule has 1 N–H and O–H groups in total. The van der Waals surface area contributed by atoms with Crippen molar-refractivity contribution in [2.45, 2.75) is 26.2 Å². The fourth-order valence-electron chi connectivity index (χ4n) is 1.56. The summed E-state index contributed by atoms with van der Waals surface area (Å²) in [4.78, 5) is 7.99. The number of alkyl halides is 1. The highest BCUT2D eigenvalue weighted by atomic mass is 35.5. The van der Waals surface area contributed by atoms with Crippen LogP contribution in [0.5, 0.6) is 0 Å². The van der Waals surface area contributed by atoms with E-state index in [1.165, 1.54) is 12.8 Å². The number of rotatable bonds is 7. The van der Waals surface area contributed by atoms with Crippen molar-refractivity contribution in [2.75, 3.05) is 17.7 Å². The molecule has 0 spiro atoms. The van der Waals surface area contributed by atoms with Gasteiger partial charge in [0.05, 0.1) is 0 Å². The van der Waals surface area contributed by atoms with E-state index in [1.807, 2.05) is 6.07 Å². The molecule has 0 saturated carbocycles. The molecule has 15 heavy (non-hydrogen) atoms. The molecule has 84 valence electrons. The Kier molecular flexibility index (Phi) is 6.09. The third-order valence-corrected chi connectivity index (χ3v) is 2.59. The van der Waals surface area contributed by atoms with Crippen LogP contribution in [0, 0.1) is 5.92 Å². The van der Waals surface area contributed by atoms with Crippen molar-refractivity contribution in [2.24, 2.45) is 5.92 Å². The van der Waals surface area contributed by atoms with E-state index in [9.17, 15) is 0 Å². The van der Waals surface area contributed by atoms with Gasteiger partial charge < -0.3 is 5.32 Å². The first-order valence-electron chi connectivity index (χ1n) is 5.42. The number of anilines is 1. The lowest BCUT2D eigenvalue weighted by Gasteiger charge is -2.15. The second-order valence-corrected chi connectivity index (χ2v) is 3.99. The lowest BCUT2D eigenvalue weighted by Crippen LogP contribution is -2.15. The summed E-state index contributed by atoms with van der Waals surface area (Å²) in [6.45, 7) is 3.14. The summed E-state index contributed by atoms with van der Waals surface area (Å²) in [5.41, 5.74) is 0. The van der Waals surface area contributed by atoms with E-state index in [2.05, 4.69) is 22.2 Å². The standard InChI is InChI=1S/C11H18ClN3/c1-2-3-10(4-6-12)8-14-11-5-7-13-9-15-11/h5,7,9-10H,2-4,6,8H2,1H3,(H,13,14,15). The molecule has 0 aliphatic carbocycles. The summed E-state index contributed by atoms with van der Waals surface area (Å²) < 4.78 is 0. The molecule has 0 radical (unpaired) electrons. The molecule has 0 amide bonds. The van der Waals surface area contributed by atoms with Crippen molar-refractivity contribution in [3.63, 3.8) is 0 Å². The normalized spacial score (nSPS) is 12.4. The molecule has 0 bridgehead atoms. The predicted molar refractivity (Wildman–Crippen MR) is 64.3 cm³/mol. The summed E-state index contributed by atoms with van der Waals surface area (Å²) in [6.07, 6.45) is 6.77. The van der Waals surface area contributed by atoms with Gasteiger partial charge >= 0.3 is 0 Å². The first-order valence-corrected chi connectivity index (χ1v) is 5.96. The molecule has 0 aromatic carbocycles. The highest BCUT2D eigenvalue weighted by molar-refractivity contribution is 6.17. The van der Waals surface area contributed by atoms with Crippen LogP contribution < -0.4 is 5.32 Å². The van der Waals surface area contributed by atoms with Gasteiger partial charge in [0.2, 0.25) is 0 Å². The zero-order valence-corrected chi connectivity index (χ0v) is 9.87. The van der Waals surface area contributed by atoms with E-state index in [-0.39, 0.29) is 0 Å². The number of nitrogens with one attached hydrogen (secondary N) is 1. The van der Waals surface area contributed by atoms with Gasteiger partial charge in [-0.15, -0.1) is 11.6 Å². The second-order valence-electron chi connectivity index (χ2n) is 3.61. The van der Waals surface area contributed by atoms with E-state index >= 15 is 0 Å². The van der Waals surface area contributed by atoms with Crippen LogP contribution in [-0.4, -0.2) is 22.4 Å². The van der Waals surface area contributed by atoms with Gasteiger partial charge in [0.25, 0.3) is 0 Å². The Morgan fingerprint density at radius 3 is 2.93 bits per heavy atom. The minimum atomic E-state index is 0.641. The summed E-state index contributed by atoms with van der Waals surface area (Å²) in [6, 6.07) is 1.88. The Bertz CT molecular complexity index is 247. The summed E-state index contributed by atoms with van der Waals surface area (Å²) in [5.74, 6) is 2.26. The molecular formula is C11H18ClN3. The number of hydrogen-bond acceptors (Lipinski definition) is 3. The van der Waals surface area contributed by atoms with Crippen molar-refractivity contribution in [1.29, 1.82) is 0 Å². The number of nitrogens with zero attached hydrogens (tertiary/aromatic N) is 2. The Hall–Kier alpha value is -0.830. The first-order chi connectivity index (χ1) is 7.36. The molecule has 4 heteroatoms. The fourth-order valence-corrected chi connectivity index (χ4v) is 1.86. The van der Waals surface area contributed by atoms with Crippen LogP contribution in [-0.2, 0) is 0 Å². The van der Waals surface area contributed by atoms with Crippen LogP contribution in [0.3, 0.4) is 0 Å². The smallest absolute Gasteiger partial charge is 0.129 e. The largest absolute Gasteiger partial charge is 0.370 e. The molecule has 0 aliphatic rings. The maximum Gasteiger partial charge on any atom is 0.129 e. The number of halogens is 1. The van der Waals surface area contributed by atoms with Crippen LogP contribution in [0.25, 0.3) is 0 Å². The lowest BCUT2D eigenvalue weighted by atomic mass is 10.0. The Labute approximate surface area is 96.3 Å². The molecule has 1 unspecified atom stereocenters. The van der Waals surface area contributed by atoms with Gasteiger partial charge in [-0.1, -0.05) is 13.3 Å². The molecule has 1 aromatic rings. The predicted octanol–water partition coefficient (Wildman–Crippen LogP) is 2.93. The van der Waals surface area contributed by atoms with Crippen molar-refractivity contribution < 1.29 is 0 Å². The highest BCUT2D eigenvalue weighted by Crippen LogP contribution is 2.13. The highest BCUT2D eigenvalue weighted by Gasteiger charge is 2.06. The summed E-state index contributed by atoms with van der Waals surface area (Å²) in [5, 5.41) is 3.30. The van der Waals surface area contributed by atoms with Crippen LogP contribution in [0.15, 0.2) is 18.6 Å². The zero-order valence-electron chi connectivity index (χ0n) is 9.12. The van der Waals surface area contributed by atoms with E-state index in [4.69, 9.17) is 11.6 Å². The summed E-state index contributed by atoms with van der Waals surface area (Å²) in [7, 11) is 0.